The van der Waals surface area contributed by atoms with E-state index < -0.39 is 0 Å². The van der Waals surface area contributed by atoms with Gasteiger partial charge >= 0.3 is 0 Å². The van der Waals surface area contributed by atoms with Gasteiger partial charge in [-0.15, -0.1) is 0 Å². The number of methoxy groups -OCH3 is 1. The molecule has 0 spiro atoms. The van der Waals surface area contributed by atoms with Gasteiger partial charge in [0.05, 0.1) is 18.5 Å². The fourth-order valence-electron chi connectivity index (χ4n) is 0.866. The fourth-order valence-corrected chi connectivity index (χ4v) is 0.866. The number of rotatable bonds is 4. The standard InChI is InChI=1S/C9H14N4O2/c1-6(15-2)3-13-9(14)7-4-12-8(10)5-11-7/h4-6H,3H2,1-2H3,(H2,10,12)(H,13,14). The smallest absolute Gasteiger partial charge is 0.271 e. The molecule has 1 amide bonds. The maximum absolute atomic E-state index is 11.5. The van der Waals surface area contributed by atoms with Crippen LogP contribution in [-0.2, 0) is 4.74 Å². The number of carbonyl (C=O) groups is 1. The quantitative estimate of drug-likeness (QED) is 0.719. The molecule has 0 saturated heterocycles. The average Bonchev–Trinajstić information content (AvgIpc) is 2.26. The van der Waals surface area contributed by atoms with Crippen LogP contribution < -0.4 is 11.1 Å². The van der Waals surface area contributed by atoms with Gasteiger partial charge in [0.2, 0.25) is 0 Å². The lowest BCUT2D eigenvalue weighted by Gasteiger charge is -2.09. The average molecular weight is 210 g/mol. The Labute approximate surface area is 87.9 Å². The van der Waals surface area contributed by atoms with Crippen molar-refractivity contribution in [2.45, 2.75) is 13.0 Å². The first kappa shape index (κ1) is 11.4. The summed E-state index contributed by atoms with van der Waals surface area (Å²) < 4.78 is 4.98. The second kappa shape index (κ2) is 5.26. The van der Waals surface area contributed by atoms with E-state index in [1.807, 2.05) is 6.92 Å². The second-order valence-corrected chi connectivity index (χ2v) is 3.08. The van der Waals surface area contributed by atoms with Gasteiger partial charge in [-0.3, -0.25) is 4.79 Å². The molecule has 0 saturated carbocycles. The van der Waals surface area contributed by atoms with Gasteiger partial charge in [0.25, 0.3) is 5.91 Å². The molecule has 6 heteroatoms. The SMILES string of the molecule is COC(C)CNC(=O)c1cnc(N)cn1. The summed E-state index contributed by atoms with van der Waals surface area (Å²) in [6, 6.07) is 0. The molecular weight excluding hydrogens is 196 g/mol. The number of ether oxygens (including phenoxy) is 1. The molecule has 15 heavy (non-hydrogen) atoms. The minimum absolute atomic E-state index is 0.0318. The van der Waals surface area contributed by atoms with Crippen LogP contribution in [-0.4, -0.2) is 35.6 Å². The summed E-state index contributed by atoms with van der Waals surface area (Å²) in [7, 11) is 1.58. The van der Waals surface area contributed by atoms with E-state index in [0.29, 0.717) is 6.54 Å². The van der Waals surface area contributed by atoms with E-state index in [9.17, 15) is 4.79 Å². The summed E-state index contributed by atoms with van der Waals surface area (Å²) in [5, 5.41) is 2.66. The van der Waals surface area contributed by atoms with Gasteiger partial charge in [0.15, 0.2) is 0 Å². The maximum atomic E-state index is 11.5. The molecule has 1 unspecified atom stereocenters. The van der Waals surface area contributed by atoms with Crippen molar-refractivity contribution in [2.75, 3.05) is 19.4 Å². The maximum Gasteiger partial charge on any atom is 0.271 e. The summed E-state index contributed by atoms with van der Waals surface area (Å²) in [5.41, 5.74) is 5.59. The molecule has 1 rings (SSSR count). The number of nitrogen functional groups attached to an aromatic ring is 1. The summed E-state index contributed by atoms with van der Waals surface area (Å²) in [6.07, 6.45) is 2.65. The predicted molar refractivity (Wildman–Crippen MR) is 55.2 cm³/mol. The predicted octanol–water partition coefficient (Wildman–Crippen LogP) is -0.177. The molecule has 0 fully saturated rings. The molecule has 0 aliphatic heterocycles. The van der Waals surface area contributed by atoms with E-state index in [-0.39, 0.29) is 23.5 Å². The molecule has 1 aromatic rings. The van der Waals surface area contributed by atoms with Gasteiger partial charge in [-0.05, 0) is 6.92 Å². The Morgan fingerprint density at radius 3 is 2.87 bits per heavy atom. The van der Waals surface area contributed by atoms with Crippen LogP contribution in [0, 0.1) is 0 Å². The number of amides is 1. The van der Waals surface area contributed by atoms with Crippen LogP contribution in [0.25, 0.3) is 0 Å². The van der Waals surface area contributed by atoms with E-state index >= 15 is 0 Å². The summed E-state index contributed by atoms with van der Waals surface area (Å²) in [5.74, 6) is 0.00297. The van der Waals surface area contributed by atoms with Crippen LogP contribution in [0.5, 0.6) is 0 Å². The van der Waals surface area contributed by atoms with Crippen molar-refractivity contribution in [3.8, 4) is 0 Å². The summed E-state index contributed by atoms with van der Waals surface area (Å²) in [4.78, 5) is 19.1. The number of carbonyl (C=O) groups excluding carboxylic acids is 1. The zero-order valence-electron chi connectivity index (χ0n) is 8.73. The fraction of sp³-hybridized carbons (Fsp3) is 0.444. The third kappa shape index (κ3) is 3.51. The van der Waals surface area contributed by atoms with Gasteiger partial charge in [-0.2, -0.15) is 0 Å². The molecule has 82 valence electrons. The number of hydrogen-bond donors (Lipinski definition) is 2. The highest BCUT2D eigenvalue weighted by atomic mass is 16.5. The highest BCUT2D eigenvalue weighted by Crippen LogP contribution is 1.96. The van der Waals surface area contributed by atoms with Gasteiger partial charge in [-0.1, -0.05) is 0 Å². The molecule has 0 aliphatic carbocycles. The van der Waals surface area contributed by atoms with E-state index in [2.05, 4.69) is 15.3 Å². The van der Waals surface area contributed by atoms with Crippen LogP contribution in [0.2, 0.25) is 0 Å². The number of anilines is 1. The third-order valence-electron chi connectivity index (χ3n) is 1.86. The minimum atomic E-state index is -0.286. The van der Waals surface area contributed by atoms with Gasteiger partial charge < -0.3 is 15.8 Å². The number of hydrogen-bond acceptors (Lipinski definition) is 5. The molecular formula is C9H14N4O2. The van der Waals surface area contributed by atoms with E-state index in [1.54, 1.807) is 7.11 Å². The van der Waals surface area contributed by atoms with Gasteiger partial charge in [0, 0.05) is 13.7 Å². The van der Waals surface area contributed by atoms with Crippen LogP contribution in [0.3, 0.4) is 0 Å². The molecule has 0 bridgehead atoms. The normalized spacial score (nSPS) is 12.1. The van der Waals surface area contributed by atoms with Gasteiger partial charge in [0.1, 0.15) is 11.5 Å². The zero-order valence-corrected chi connectivity index (χ0v) is 8.73. The van der Waals surface area contributed by atoms with E-state index in [0.717, 1.165) is 0 Å². The van der Waals surface area contributed by atoms with Crippen molar-refractivity contribution in [3.05, 3.63) is 18.1 Å². The largest absolute Gasteiger partial charge is 0.382 e. The number of nitrogens with two attached hydrogens (primary N) is 1. The van der Waals surface area contributed by atoms with E-state index in [4.69, 9.17) is 10.5 Å². The van der Waals surface area contributed by atoms with Crippen LogP contribution >= 0.6 is 0 Å². The zero-order chi connectivity index (χ0) is 11.3. The second-order valence-electron chi connectivity index (χ2n) is 3.08. The highest BCUT2D eigenvalue weighted by Gasteiger charge is 2.08. The van der Waals surface area contributed by atoms with Crippen LogP contribution in [0.15, 0.2) is 12.4 Å². The molecule has 1 aromatic heterocycles. The van der Waals surface area contributed by atoms with E-state index in [1.165, 1.54) is 12.4 Å². The first-order valence-electron chi connectivity index (χ1n) is 4.52. The van der Waals surface area contributed by atoms with Crippen molar-refractivity contribution in [1.82, 2.24) is 15.3 Å². The Kier molecular flexibility index (Phi) is 3.99. The Hall–Kier alpha value is -1.69. The molecule has 0 aliphatic rings. The molecule has 3 N–H and O–H groups in total. The molecule has 1 atom stereocenters. The Bertz CT molecular complexity index is 325. The van der Waals surface area contributed by atoms with Crippen molar-refractivity contribution < 1.29 is 9.53 Å². The van der Waals surface area contributed by atoms with Crippen LogP contribution in [0.1, 0.15) is 17.4 Å². The molecule has 6 nitrogen and oxygen atoms in total. The third-order valence-corrected chi connectivity index (χ3v) is 1.86. The van der Waals surface area contributed by atoms with Crippen molar-refractivity contribution in [2.24, 2.45) is 0 Å². The summed E-state index contributed by atoms with van der Waals surface area (Å²) >= 11 is 0. The Balaban J connectivity index is 2.50. The van der Waals surface area contributed by atoms with Crippen molar-refractivity contribution in [1.29, 1.82) is 0 Å². The first-order chi connectivity index (χ1) is 7.13. The monoisotopic (exact) mass is 210 g/mol. The number of nitrogens with one attached hydrogen (secondary N) is 1. The van der Waals surface area contributed by atoms with Crippen molar-refractivity contribution >= 4 is 11.7 Å². The van der Waals surface area contributed by atoms with Crippen molar-refractivity contribution in [3.63, 3.8) is 0 Å². The Morgan fingerprint density at radius 1 is 1.60 bits per heavy atom. The Morgan fingerprint density at radius 2 is 2.33 bits per heavy atom. The van der Waals surface area contributed by atoms with Crippen LogP contribution in [0.4, 0.5) is 5.82 Å². The first-order valence-corrected chi connectivity index (χ1v) is 4.52. The molecule has 1 heterocycles. The lowest BCUT2D eigenvalue weighted by molar-refractivity contribution is 0.0866. The molecule has 0 aromatic carbocycles. The number of nitrogens with zero attached hydrogens (tertiary/aromatic N) is 2. The summed E-state index contributed by atoms with van der Waals surface area (Å²) in [6.45, 7) is 2.29. The lowest BCUT2D eigenvalue weighted by Crippen LogP contribution is -2.32. The minimum Gasteiger partial charge on any atom is -0.382 e. The number of aromatic nitrogens is 2. The highest BCUT2D eigenvalue weighted by molar-refractivity contribution is 5.91. The van der Waals surface area contributed by atoms with Gasteiger partial charge in [-0.25, -0.2) is 9.97 Å². The lowest BCUT2D eigenvalue weighted by atomic mass is 10.3. The topological polar surface area (TPSA) is 90.1 Å². The molecule has 0 radical (unpaired) electrons.